The van der Waals surface area contributed by atoms with Gasteiger partial charge in [0.25, 0.3) is 0 Å². The first-order valence-corrected chi connectivity index (χ1v) is 7.23. The third-order valence-corrected chi connectivity index (χ3v) is 3.84. The molecule has 0 aromatic heterocycles. The summed E-state index contributed by atoms with van der Waals surface area (Å²) < 4.78 is 5.06. The lowest BCUT2D eigenvalue weighted by Crippen LogP contribution is -2.50. The number of rotatable bonds is 7. The molecule has 1 rings (SSSR count). The molecule has 0 radical (unpaired) electrons. The number of hydrogen-bond acceptors (Lipinski definition) is 3. The Hall–Kier alpha value is -0.610. The second-order valence-electron chi connectivity index (χ2n) is 5.03. The molecule has 18 heavy (non-hydrogen) atoms. The molecule has 106 valence electrons. The number of ether oxygens (including phenoxy) is 1. The van der Waals surface area contributed by atoms with E-state index in [0.29, 0.717) is 5.91 Å². The third-order valence-electron chi connectivity index (χ3n) is 3.84. The van der Waals surface area contributed by atoms with Gasteiger partial charge in [0, 0.05) is 52.4 Å². The van der Waals surface area contributed by atoms with Crippen molar-refractivity contribution in [2.45, 2.75) is 33.1 Å². The minimum Gasteiger partial charge on any atom is -0.385 e. The Labute approximate surface area is 111 Å². The topological polar surface area (TPSA) is 32.8 Å². The Morgan fingerprint density at radius 1 is 1.17 bits per heavy atom. The van der Waals surface area contributed by atoms with Gasteiger partial charge in [0.1, 0.15) is 0 Å². The molecule has 0 saturated carbocycles. The molecule has 4 heteroatoms. The SMILES string of the molecule is CCC(CC)C(=O)N1CCN(CCCOC)CC1. The van der Waals surface area contributed by atoms with E-state index in [-0.39, 0.29) is 5.92 Å². The van der Waals surface area contributed by atoms with Crippen molar-refractivity contribution in [3.63, 3.8) is 0 Å². The largest absolute Gasteiger partial charge is 0.385 e. The van der Waals surface area contributed by atoms with E-state index in [0.717, 1.165) is 58.6 Å². The van der Waals surface area contributed by atoms with E-state index in [2.05, 4.69) is 18.7 Å². The molecule has 4 nitrogen and oxygen atoms in total. The molecule has 1 aliphatic heterocycles. The quantitative estimate of drug-likeness (QED) is 0.649. The highest BCUT2D eigenvalue weighted by atomic mass is 16.5. The highest BCUT2D eigenvalue weighted by Crippen LogP contribution is 2.14. The molecular weight excluding hydrogens is 228 g/mol. The number of nitrogens with zero attached hydrogens (tertiary/aromatic N) is 2. The van der Waals surface area contributed by atoms with Gasteiger partial charge in [-0.05, 0) is 19.3 Å². The number of hydrogen-bond donors (Lipinski definition) is 0. The van der Waals surface area contributed by atoms with Crippen LogP contribution in [0.1, 0.15) is 33.1 Å². The van der Waals surface area contributed by atoms with Crippen molar-refractivity contribution in [1.82, 2.24) is 9.80 Å². The molecule has 0 aliphatic carbocycles. The molecular formula is C14H28N2O2. The number of amides is 1. The van der Waals surface area contributed by atoms with Crippen molar-refractivity contribution < 1.29 is 9.53 Å². The molecule has 1 amide bonds. The van der Waals surface area contributed by atoms with Gasteiger partial charge in [-0.1, -0.05) is 13.8 Å². The van der Waals surface area contributed by atoms with Gasteiger partial charge in [-0.2, -0.15) is 0 Å². The van der Waals surface area contributed by atoms with Gasteiger partial charge in [0.2, 0.25) is 5.91 Å². The number of carbonyl (C=O) groups is 1. The van der Waals surface area contributed by atoms with Crippen molar-refractivity contribution in [1.29, 1.82) is 0 Å². The van der Waals surface area contributed by atoms with Crippen LogP contribution in [0.4, 0.5) is 0 Å². The maximum atomic E-state index is 12.2. The van der Waals surface area contributed by atoms with Gasteiger partial charge in [0.15, 0.2) is 0 Å². The summed E-state index contributed by atoms with van der Waals surface area (Å²) in [6.07, 6.45) is 3.00. The van der Waals surface area contributed by atoms with E-state index < -0.39 is 0 Å². The molecule has 0 N–H and O–H groups in total. The number of carbonyl (C=O) groups excluding carboxylic acids is 1. The van der Waals surface area contributed by atoms with Crippen LogP contribution in [0, 0.1) is 5.92 Å². The van der Waals surface area contributed by atoms with Crippen LogP contribution in [0.15, 0.2) is 0 Å². The molecule has 1 aliphatic rings. The van der Waals surface area contributed by atoms with E-state index in [9.17, 15) is 4.79 Å². The minimum atomic E-state index is 0.227. The van der Waals surface area contributed by atoms with Crippen LogP contribution in [0.5, 0.6) is 0 Å². The van der Waals surface area contributed by atoms with E-state index in [1.54, 1.807) is 7.11 Å². The molecule has 0 spiro atoms. The standard InChI is InChI=1S/C14H28N2O2/c1-4-13(5-2)14(17)16-10-8-15(9-11-16)7-6-12-18-3/h13H,4-12H2,1-3H3. The zero-order valence-electron chi connectivity index (χ0n) is 12.2. The lowest BCUT2D eigenvalue weighted by Gasteiger charge is -2.36. The average Bonchev–Trinajstić information content (AvgIpc) is 2.41. The van der Waals surface area contributed by atoms with Gasteiger partial charge in [-0.25, -0.2) is 0 Å². The van der Waals surface area contributed by atoms with Crippen LogP contribution in [-0.2, 0) is 9.53 Å². The third kappa shape index (κ3) is 4.58. The predicted octanol–water partition coefficient (Wildman–Crippen LogP) is 1.60. The van der Waals surface area contributed by atoms with Gasteiger partial charge in [-0.3, -0.25) is 9.69 Å². The van der Waals surface area contributed by atoms with E-state index in [1.165, 1.54) is 0 Å². The smallest absolute Gasteiger partial charge is 0.225 e. The molecule has 0 unspecified atom stereocenters. The molecule has 0 aromatic carbocycles. The second-order valence-corrected chi connectivity index (χ2v) is 5.03. The monoisotopic (exact) mass is 256 g/mol. The van der Waals surface area contributed by atoms with Crippen LogP contribution >= 0.6 is 0 Å². The van der Waals surface area contributed by atoms with Gasteiger partial charge >= 0.3 is 0 Å². The Bertz CT molecular complexity index is 234. The second kappa shape index (κ2) is 8.48. The zero-order valence-corrected chi connectivity index (χ0v) is 12.2. The summed E-state index contributed by atoms with van der Waals surface area (Å²) in [6.45, 7) is 9.92. The fraction of sp³-hybridized carbons (Fsp3) is 0.929. The van der Waals surface area contributed by atoms with Gasteiger partial charge < -0.3 is 9.64 Å². The van der Waals surface area contributed by atoms with Crippen LogP contribution in [0.3, 0.4) is 0 Å². The first kappa shape index (κ1) is 15.4. The Kier molecular flexibility index (Phi) is 7.28. The molecule has 0 atom stereocenters. The maximum absolute atomic E-state index is 12.2. The van der Waals surface area contributed by atoms with Crippen molar-refractivity contribution >= 4 is 5.91 Å². The average molecular weight is 256 g/mol. The summed E-state index contributed by atoms with van der Waals surface area (Å²) in [4.78, 5) is 16.7. The highest BCUT2D eigenvalue weighted by molar-refractivity contribution is 5.78. The molecule has 1 heterocycles. The minimum absolute atomic E-state index is 0.227. The Balaban J connectivity index is 2.28. The summed E-state index contributed by atoms with van der Waals surface area (Å²) in [5, 5.41) is 0. The normalized spacial score (nSPS) is 17.4. The van der Waals surface area contributed by atoms with Crippen molar-refractivity contribution in [3.05, 3.63) is 0 Å². The van der Waals surface area contributed by atoms with E-state index in [1.807, 2.05) is 4.90 Å². The van der Waals surface area contributed by atoms with Crippen LogP contribution in [0.2, 0.25) is 0 Å². The fourth-order valence-electron chi connectivity index (χ4n) is 2.52. The van der Waals surface area contributed by atoms with Gasteiger partial charge in [-0.15, -0.1) is 0 Å². The Morgan fingerprint density at radius 3 is 2.28 bits per heavy atom. The van der Waals surface area contributed by atoms with E-state index >= 15 is 0 Å². The fourth-order valence-corrected chi connectivity index (χ4v) is 2.52. The zero-order chi connectivity index (χ0) is 13.4. The van der Waals surface area contributed by atoms with Crippen molar-refractivity contribution in [3.8, 4) is 0 Å². The van der Waals surface area contributed by atoms with Crippen LogP contribution in [-0.4, -0.2) is 62.1 Å². The first-order chi connectivity index (χ1) is 8.72. The number of piperazine rings is 1. The predicted molar refractivity (Wildman–Crippen MR) is 73.6 cm³/mol. The molecule has 0 aromatic rings. The summed E-state index contributed by atoms with van der Waals surface area (Å²) >= 11 is 0. The molecule has 1 fully saturated rings. The maximum Gasteiger partial charge on any atom is 0.225 e. The summed E-state index contributed by atoms with van der Waals surface area (Å²) in [7, 11) is 1.74. The Morgan fingerprint density at radius 2 is 1.78 bits per heavy atom. The highest BCUT2D eigenvalue weighted by Gasteiger charge is 2.24. The van der Waals surface area contributed by atoms with Crippen molar-refractivity contribution in [2.75, 3.05) is 46.4 Å². The first-order valence-electron chi connectivity index (χ1n) is 7.23. The molecule has 1 saturated heterocycles. The lowest BCUT2D eigenvalue weighted by atomic mass is 10.0. The summed E-state index contributed by atoms with van der Waals surface area (Å²) in [5.74, 6) is 0.585. The van der Waals surface area contributed by atoms with Crippen LogP contribution < -0.4 is 0 Å². The summed E-state index contributed by atoms with van der Waals surface area (Å²) in [5.41, 5.74) is 0. The van der Waals surface area contributed by atoms with Gasteiger partial charge in [0.05, 0.1) is 0 Å². The summed E-state index contributed by atoms with van der Waals surface area (Å²) in [6, 6.07) is 0. The molecule has 0 bridgehead atoms. The number of methoxy groups -OCH3 is 1. The lowest BCUT2D eigenvalue weighted by molar-refractivity contribution is -0.137. The van der Waals surface area contributed by atoms with Crippen molar-refractivity contribution in [2.24, 2.45) is 5.92 Å². The van der Waals surface area contributed by atoms with Crippen LogP contribution in [0.25, 0.3) is 0 Å². The van der Waals surface area contributed by atoms with E-state index in [4.69, 9.17) is 4.74 Å².